The van der Waals surface area contributed by atoms with Gasteiger partial charge in [0.15, 0.2) is 0 Å². The van der Waals surface area contributed by atoms with Crippen LogP contribution < -0.4 is 15.4 Å². The Morgan fingerprint density at radius 1 is 1.02 bits per heavy atom. The van der Waals surface area contributed by atoms with Gasteiger partial charge in [0.1, 0.15) is 30.0 Å². The van der Waals surface area contributed by atoms with Gasteiger partial charge in [0.2, 0.25) is 5.91 Å². The number of hydrogen-bond acceptors (Lipinski definition) is 6. The van der Waals surface area contributed by atoms with Crippen LogP contribution in [0.5, 0.6) is 5.75 Å². The van der Waals surface area contributed by atoms with Gasteiger partial charge in [-0.3, -0.25) is 9.59 Å². The van der Waals surface area contributed by atoms with Crippen LogP contribution in [0.3, 0.4) is 0 Å². The molecular formula is C33H36N4O5. The molecule has 0 aromatic heterocycles. The summed E-state index contributed by atoms with van der Waals surface area (Å²) in [5.74, 6) is -0.549. The van der Waals surface area contributed by atoms with Crippen LogP contribution in [0, 0.1) is 11.3 Å². The van der Waals surface area contributed by atoms with Crippen molar-refractivity contribution in [2.75, 3.05) is 19.0 Å². The number of alkyl carbamates (subject to hydrolysis) is 1. The molecule has 3 aromatic carbocycles. The SMILES string of the molecule is C=Cc1cccc(C(C(=O)Nc2ccc(OC)cc2)N(CC#N)C(=O)C(Cc2ccccc2)NC(=O)OC(C)(C)C)c1. The predicted molar refractivity (Wildman–Crippen MR) is 162 cm³/mol. The van der Waals surface area contributed by atoms with E-state index in [-0.39, 0.29) is 6.42 Å². The summed E-state index contributed by atoms with van der Waals surface area (Å²) < 4.78 is 10.6. The average molecular weight is 569 g/mol. The molecule has 0 bridgehead atoms. The van der Waals surface area contributed by atoms with E-state index >= 15 is 0 Å². The second kappa shape index (κ2) is 14.5. The van der Waals surface area contributed by atoms with Crippen LogP contribution in [0.2, 0.25) is 0 Å². The zero-order valence-corrected chi connectivity index (χ0v) is 24.3. The summed E-state index contributed by atoms with van der Waals surface area (Å²) in [6.07, 6.45) is 0.947. The van der Waals surface area contributed by atoms with Crippen molar-refractivity contribution < 1.29 is 23.9 Å². The maximum Gasteiger partial charge on any atom is 0.408 e. The molecular weight excluding hydrogens is 532 g/mol. The molecule has 42 heavy (non-hydrogen) atoms. The van der Waals surface area contributed by atoms with Crippen LogP contribution in [0.15, 0.2) is 85.4 Å². The molecule has 0 fully saturated rings. The summed E-state index contributed by atoms with van der Waals surface area (Å²) in [5.41, 5.74) is 1.65. The second-order valence-corrected chi connectivity index (χ2v) is 10.5. The normalized spacial score (nSPS) is 12.2. The van der Waals surface area contributed by atoms with Gasteiger partial charge in [-0.15, -0.1) is 0 Å². The smallest absolute Gasteiger partial charge is 0.408 e. The number of rotatable bonds is 11. The van der Waals surface area contributed by atoms with E-state index in [1.807, 2.05) is 42.5 Å². The lowest BCUT2D eigenvalue weighted by Crippen LogP contribution is -2.53. The number of anilines is 1. The van der Waals surface area contributed by atoms with Crippen molar-refractivity contribution in [3.05, 3.63) is 102 Å². The first-order valence-electron chi connectivity index (χ1n) is 13.4. The number of ether oxygens (including phenoxy) is 2. The Labute approximate surface area is 246 Å². The summed E-state index contributed by atoms with van der Waals surface area (Å²) in [5, 5.41) is 15.3. The van der Waals surface area contributed by atoms with Gasteiger partial charge in [0, 0.05) is 12.1 Å². The standard InChI is InChI=1S/C33H36N4O5/c1-6-23-13-10-14-25(21-23)29(30(38)35-26-15-17-27(41-5)18-16-26)37(20-19-34)31(39)28(22-24-11-8-7-9-12-24)36-32(40)42-33(2,3)4/h6-18,21,28-29H,1,20,22H2,2-5H3,(H,35,38)(H,36,40). The van der Waals surface area contributed by atoms with Crippen LogP contribution in [0.4, 0.5) is 10.5 Å². The largest absolute Gasteiger partial charge is 0.497 e. The van der Waals surface area contributed by atoms with Crippen molar-refractivity contribution in [2.24, 2.45) is 0 Å². The second-order valence-electron chi connectivity index (χ2n) is 10.5. The Hall–Kier alpha value is -5.10. The van der Waals surface area contributed by atoms with E-state index in [9.17, 15) is 19.6 Å². The number of carbonyl (C=O) groups is 3. The Morgan fingerprint density at radius 3 is 2.31 bits per heavy atom. The van der Waals surface area contributed by atoms with E-state index in [1.54, 1.807) is 76.4 Å². The molecule has 2 atom stereocenters. The molecule has 9 heteroatoms. The topological polar surface area (TPSA) is 121 Å². The van der Waals surface area contributed by atoms with Gasteiger partial charge in [-0.1, -0.05) is 61.2 Å². The van der Waals surface area contributed by atoms with Crippen molar-refractivity contribution in [3.8, 4) is 11.8 Å². The van der Waals surface area contributed by atoms with Crippen molar-refractivity contribution in [1.29, 1.82) is 5.26 Å². The van der Waals surface area contributed by atoms with Gasteiger partial charge in [-0.25, -0.2) is 4.79 Å². The molecule has 9 nitrogen and oxygen atoms in total. The monoisotopic (exact) mass is 568 g/mol. The molecule has 2 N–H and O–H groups in total. The Balaban J connectivity index is 2.05. The molecule has 0 saturated carbocycles. The molecule has 218 valence electrons. The van der Waals surface area contributed by atoms with Crippen molar-refractivity contribution in [2.45, 2.75) is 44.9 Å². The first-order chi connectivity index (χ1) is 20.0. The average Bonchev–Trinajstić information content (AvgIpc) is 2.96. The molecule has 3 aromatic rings. The Kier molecular flexibility index (Phi) is 10.9. The fraction of sp³-hybridized carbons (Fsp3) is 0.273. The first-order valence-corrected chi connectivity index (χ1v) is 13.4. The highest BCUT2D eigenvalue weighted by Crippen LogP contribution is 2.26. The third-order valence-electron chi connectivity index (χ3n) is 6.18. The summed E-state index contributed by atoms with van der Waals surface area (Å²) in [6.45, 7) is 8.54. The van der Waals surface area contributed by atoms with E-state index in [4.69, 9.17) is 9.47 Å². The third kappa shape index (κ3) is 8.96. The highest BCUT2D eigenvalue weighted by Gasteiger charge is 2.36. The summed E-state index contributed by atoms with van der Waals surface area (Å²) in [4.78, 5) is 42.1. The lowest BCUT2D eigenvalue weighted by Gasteiger charge is -2.33. The maximum absolute atomic E-state index is 14.2. The lowest BCUT2D eigenvalue weighted by molar-refractivity contribution is -0.140. The van der Waals surface area contributed by atoms with Crippen LogP contribution in [0.25, 0.3) is 6.08 Å². The Bertz CT molecular complexity index is 1430. The number of methoxy groups -OCH3 is 1. The van der Waals surface area contributed by atoms with Crippen molar-refractivity contribution in [3.63, 3.8) is 0 Å². The number of carbonyl (C=O) groups excluding carboxylic acids is 3. The predicted octanol–water partition coefficient (Wildman–Crippen LogP) is 5.51. The summed E-state index contributed by atoms with van der Waals surface area (Å²) in [7, 11) is 1.54. The van der Waals surface area contributed by atoms with Crippen molar-refractivity contribution in [1.82, 2.24) is 10.2 Å². The quantitative estimate of drug-likeness (QED) is 0.295. The van der Waals surface area contributed by atoms with Crippen LogP contribution in [-0.4, -0.2) is 48.1 Å². The number of hydrogen-bond donors (Lipinski definition) is 2. The summed E-state index contributed by atoms with van der Waals surface area (Å²) in [6, 6.07) is 22.6. The molecule has 0 aliphatic heterocycles. The fourth-order valence-corrected chi connectivity index (χ4v) is 4.29. The van der Waals surface area contributed by atoms with E-state index in [2.05, 4.69) is 17.2 Å². The van der Waals surface area contributed by atoms with Gasteiger partial charge in [0.25, 0.3) is 5.91 Å². The van der Waals surface area contributed by atoms with Gasteiger partial charge in [-0.05, 0) is 67.8 Å². The van der Waals surface area contributed by atoms with Crippen LogP contribution in [-0.2, 0) is 20.7 Å². The Morgan fingerprint density at radius 2 is 1.71 bits per heavy atom. The van der Waals surface area contributed by atoms with Gasteiger partial charge >= 0.3 is 6.09 Å². The van der Waals surface area contributed by atoms with Gasteiger partial charge in [0.05, 0.1) is 13.2 Å². The number of nitrogens with one attached hydrogen (secondary N) is 2. The number of benzene rings is 3. The molecule has 3 rings (SSSR count). The highest BCUT2D eigenvalue weighted by atomic mass is 16.6. The number of amides is 3. The van der Waals surface area contributed by atoms with Crippen LogP contribution in [0.1, 0.15) is 43.5 Å². The lowest BCUT2D eigenvalue weighted by atomic mass is 9.99. The zero-order chi connectivity index (χ0) is 30.7. The first kappa shape index (κ1) is 31.4. The summed E-state index contributed by atoms with van der Waals surface area (Å²) >= 11 is 0. The molecule has 0 saturated heterocycles. The zero-order valence-electron chi connectivity index (χ0n) is 24.3. The minimum atomic E-state index is -1.21. The maximum atomic E-state index is 14.2. The molecule has 3 amide bonds. The molecule has 0 radical (unpaired) electrons. The third-order valence-corrected chi connectivity index (χ3v) is 6.18. The van der Waals surface area contributed by atoms with Crippen molar-refractivity contribution >= 4 is 29.7 Å². The molecule has 0 heterocycles. The van der Waals surface area contributed by atoms with E-state index in [1.165, 1.54) is 4.90 Å². The van der Waals surface area contributed by atoms with E-state index in [0.29, 0.717) is 17.0 Å². The fourth-order valence-electron chi connectivity index (χ4n) is 4.29. The highest BCUT2D eigenvalue weighted by molar-refractivity contribution is 5.99. The van der Waals surface area contributed by atoms with E-state index < -0.39 is 42.1 Å². The number of nitriles is 1. The number of nitrogens with zero attached hydrogens (tertiary/aromatic N) is 2. The van der Waals surface area contributed by atoms with E-state index in [0.717, 1.165) is 11.1 Å². The minimum absolute atomic E-state index is 0.111. The van der Waals surface area contributed by atoms with Gasteiger partial charge < -0.3 is 25.0 Å². The molecule has 0 spiro atoms. The minimum Gasteiger partial charge on any atom is -0.497 e. The van der Waals surface area contributed by atoms with Gasteiger partial charge in [-0.2, -0.15) is 5.26 Å². The molecule has 0 aliphatic rings. The van der Waals surface area contributed by atoms with Crippen LogP contribution >= 0.6 is 0 Å². The molecule has 2 unspecified atom stereocenters. The molecule has 0 aliphatic carbocycles.